The van der Waals surface area contributed by atoms with Crippen LogP contribution >= 0.6 is 0 Å². The third-order valence-corrected chi connectivity index (χ3v) is 3.41. The second-order valence-corrected chi connectivity index (χ2v) is 5.47. The fraction of sp³-hybridized carbons (Fsp3) is 0.267. The number of anilines is 1. The van der Waals surface area contributed by atoms with Crippen LogP contribution in [0.5, 0.6) is 0 Å². The quantitative estimate of drug-likeness (QED) is 0.729. The summed E-state index contributed by atoms with van der Waals surface area (Å²) in [5.74, 6) is 0.542. The van der Waals surface area contributed by atoms with Crippen LogP contribution in [0.2, 0.25) is 0 Å². The summed E-state index contributed by atoms with van der Waals surface area (Å²) >= 11 is 0. The number of benzene rings is 1. The van der Waals surface area contributed by atoms with Gasteiger partial charge in [-0.25, -0.2) is 4.68 Å². The Hall–Kier alpha value is -2.43. The van der Waals surface area contributed by atoms with Crippen molar-refractivity contribution >= 4 is 16.6 Å². The minimum atomic E-state index is -0.623. The summed E-state index contributed by atoms with van der Waals surface area (Å²) in [6, 6.07) is 6.02. The number of hydrogen-bond donors (Lipinski definition) is 1. The Morgan fingerprint density at radius 1 is 1.25 bits per heavy atom. The van der Waals surface area contributed by atoms with Crippen molar-refractivity contribution in [2.45, 2.75) is 20.3 Å². The lowest BCUT2D eigenvalue weighted by molar-refractivity contribution is 0.647. The van der Waals surface area contributed by atoms with Gasteiger partial charge in [-0.1, -0.05) is 26.0 Å². The van der Waals surface area contributed by atoms with Crippen LogP contribution < -0.4 is 16.6 Å². The molecule has 0 aliphatic heterocycles. The fourth-order valence-electron chi connectivity index (χ4n) is 2.45. The average Bonchev–Trinajstić information content (AvgIpc) is 2.81. The first-order chi connectivity index (χ1) is 9.49. The van der Waals surface area contributed by atoms with Crippen molar-refractivity contribution in [1.29, 1.82) is 0 Å². The summed E-state index contributed by atoms with van der Waals surface area (Å²) in [5, 5.41) is 5.10. The van der Waals surface area contributed by atoms with Crippen LogP contribution in [0.25, 0.3) is 16.6 Å². The number of fused-ring (bicyclic) bond motifs is 1. The third kappa shape index (κ3) is 1.74. The lowest BCUT2D eigenvalue weighted by Crippen LogP contribution is -2.38. The van der Waals surface area contributed by atoms with Crippen molar-refractivity contribution < 1.29 is 0 Å². The number of nitrogens with zero attached hydrogens (tertiary/aromatic N) is 2. The Bertz CT molecular complexity index is 867. The molecule has 0 spiro atoms. The summed E-state index contributed by atoms with van der Waals surface area (Å²) < 4.78 is 1.47. The van der Waals surface area contributed by atoms with Gasteiger partial charge < -0.3 is 5.73 Å². The highest BCUT2D eigenvalue weighted by atomic mass is 16.2. The van der Waals surface area contributed by atoms with Gasteiger partial charge in [-0.3, -0.25) is 9.59 Å². The molecule has 1 heterocycles. The summed E-state index contributed by atoms with van der Waals surface area (Å²) in [4.78, 5) is 22.9. The average molecular weight is 269 g/mol. The second kappa shape index (κ2) is 4.30. The van der Waals surface area contributed by atoms with E-state index in [0.29, 0.717) is 5.92 Å². The van der Waals surface area contributed by atoms with Gasteiger partial charge in [0.1, 0.15) is 11.4 Å². The molecule has 2 aromatic carbocycles. The molecule has 1 aromatic heterocycles. The molecule has 3 rings (SSSR count). The van der Waals surface area contributed by atoms with Crippen molar-refractivity contribution in [2.75, 3.05) is 5.73 Å². The Kier molecular flexibility index (Phi) is 2.71. The van der Waals surface area contributed by atoms with Crippen molar-refractivity contribution in [2.24, 2.45) is 5.92 Å². The van der Waals surface area contributed by atoms with Gasteiger partial charge in [0.05, 0.1) is 11.7 Å². The predicted octanol–water partition coefficient (Wildman–Crippen LogP) is 1.40. The molecule has 0 fully saturated rings. The molecule has 5 nitrogen and oxygen atoms in total. The smallest absolute Gasteiger partial charge is 0.255 e. The van der Waals surface area contributed by atoms with Gasteiger partial charge in [-0.2, -0.15) is 5.10 Å². The zero-order chi connectivity index (χ0) is 14.4. The van der Waals surface area contributed by atoms with Gasteiger partial charge >= 0.3 is 0 Å². The molecule has 5 heteroatoms. The van der Waals surface area contributed by atoms with Crippen LogP contribution in [0.3, 0.4) is 0 Å². The van der Waals surface area contributed by atoms with Crippen LogP contribution in [0, 0.1) is 5.92 Å². The van der Waals surface area contributed by atoms with Gasteiger partial charge in [0.15, 0.2) is 0 Å². The summed E-state index contributed by atoms with van der Waals surface area (Å²) in [5.41, 5.74) is 6.58. The molecule has 102 valence electrons. The molecule has 0 unspecified atom stereocenters. The molecule has 0 amide bonds. The van der Waals surface area contributed by atoms with E-state index in [4.69, 9.17) is 5.73 Å². The van der Waals surface area contributed by atoms with E-state index in [0.717, 1.165) is 17.3 Å². The van der Waals surface area contributed by atoms with Crippen molar-refractivity contribution in [3.05, 3.63) is 50.4 Å². The summed E-state index contributed by atoms with van der Waals surface area (Å²) in [7, 11) is 0. The molecule has 0 radical (unpaired) electrons. The fourth-order valence-corrected chi connectivity index (χ4v) is 2.45. The number of nitrogen functional groups attached to an aromatic ring is 1. The molecule has 0 saturated heterocycles. The van der Waals surface area contributed by atoms with E-state index < -0.39 is 10.9 Å². The van der Waals surface area contributed by atoms with E-state index in [2.05, 4.69) is 25.0 Å². The second-order valence-electron chi connectivity index (χ2n) is 5.47. The first-order valence-electron chi connectivity index (χ1n) is 6.55. The SMILES string of the molecule is CC(C)Cc1ccc2cnn(-c3c(N)c(=O)c3=O)c2c1. The number of aromatic nitrogens is 2. The van der Waals surface area contributed by atoms with E-state index in [9.17, 15) is 9.59 Å². The van der Waals surface area contributed by atoms with Gasteiger partial charge in [0.2, 0.25) is 0 Å². The highest BCUT2D eigenvalue weighted by Gasteiger charge is 2.21. The van der Waals surface area contributed by atoms with Gasteiger partial charge in [-0.15, -0.1) is 0 Å². The van der Waals surface area contributed by atoms with Crippen LogP contribution in [0.15, 0.2) is 34.0 Å². The third-order valence-electron chi connectivity index (χ3n) is 3.41. The van der Waals surface area contributed by atoms with Crippen molar-refractivity contribution in [3.8, 4) is 5.69 Å². The number of rotatable bonds is 3. The molecule has 0 aliphatic rings. The van der Waals surface area contributed by atoms with Gasteiger partial charge in [0, 0.05) is 5.39 Å². The number of nitrogens with two attached hydrogens (primary N) is 1. The molecule has 2 N–H and O–H groups in total. The molecular weight excluding hydrogens is 254 g/mol. The van der Waals surface area contributed by atoms with Crippen LogP contribution in [0.1, 0.15) is 19.4 Å². The summed E-state index contributed by atoms with van der Waals surface area (Å²) in [6.45, 7) is 4.30. The maximum absolute atomic E-state index is 11.6. The highest BCUT2D eigenvalue weighted by molar-refractivity contribution is 5.82. The van der Waals surface area contributed by atoms with Crippen LogP contribution in [0.4, 0.5) is 5.69 Å². The first kappa shape index (κ1) is 12.6. The standard InChI is InChI=1S/C15H15N3O2/c1-8(2)5-9-3-4-10-7-17-18(11(10)6-9)13-12(16)14(19)15(13)20/h3-4,6-8H,5,16H2,1-2H3. The lowest BCUT2D eigenvalue weighted by atomic mass is 10.0. The highest BCUT2D eigenvalue weighted by Crippen LogP contribution is 2.21. The Labute approximate surface area is 115 Å². The maximum Gasteiger partial charge on any atom is 0.255 e. The molecule has 0 atom stereocenters. The maximum atomic E-state index is 11.6. The van der Waals surface area contributed by atoms with Crippen LogP contribution in [-0.4, -0.2) is 9.78 Å². The molecule has 0 bridgehead atoms. The van der Waals surface area contributed by atoms with E-state index >= 15 is 0 Å². The normalized spacial score (nSPS) is 11.8. The molecule has 3 aromatic rings. The van der Waals surface area contributed by atoms with E-state index in [1.807, 2.05) is 12.1 Å². The zero-order valence-corrected chi connectivity index (χ0v) is 11.4. The largest absolute Gasteiger partial charge is 0.394 e. The molecule has 0 aliphatic carbocycles. The summed E-state index contributed by atoms with van der Waals surface area (Å²) in [6.07, 6.45) is 2.62. The predicted molar refractivity (Wildman–Crippen MR) is 78.9 cm³/mol. The Morgan fingerprint density at radius 3 is 2.65 bits per heavy atom. The monoisotopic (exact) mass is 269 g/mol. The molecule has 20 heavy (non-hydrogen) atoms. The Morgan fingerprint density at radius 2 is 2.00 bits per heavy atom. The van der Waals surface area contributed by atoms with Crippen LogP contribution in [-0.2, 0) is 6.42 Å². The zero-order valence-electron chi connectivity index (χ0n) is 11.4. The first-order valence-corrected chi connectivity index (χ1v) is 6.55. The lowest BCUT2D eigenvalue weighted by Gasteiger charge is -2.09. The van der Waals surface area contributed by atoms with E-state index in [1.165, 1.54) is 10.2 Å². The Balaban J connectivity index is 2.18. The topological polar surface area (TPSA) is 78.0 Å². The van der Waals surface area contributed by atoms with E-state index in [-0.39, 0.29) is 11.4 Å². The van der Waals surface area contributed by atoms with Gasteiger partial charge in [0.25, 0.3) is 10.9 Å². The van der Waals surface area contributed by atoms with Gasteiger partial charge in [-0.05, 0) is 24.0 Å². The molecular formula is C15H15N3O2. The molecule has 0 saturated carbocycles. The van der Waals surface area contributed by atoms with Crippen molar-refractivity contribution in [3.63, 3.8) is 0 Å². The number of hydrogen-bond acceptors (Lipinski definition) is 4. The minimum Gasteiger partial charge on any atom is -0.394 e. The minimum absolute atomic E-state index is 0.00531. The van der Waals surface area contributed by atoms with E-state index in [1.54, 1.807) is 6.20 Å². The van der Waals surface area contributed by atoms with Crippen molar-refractivity contribution in [1.82, 2.24) is 9.78 Å².